The molecule has 0 aliphatic carbocycles. The van der Waals surface area contributed by atoms with Crippen LogP contribution >= 0.6 is 11.6 Å². The van der Waals surface area contributed by atoms with Gasteiger partial charge in [-0.05, 0) is 93.9 Å². The Balaban J connectivity index is 1.38. The topological polar surface area (TPSA) is 98.5 Å². The van der Waals surface area contributed by atoms with Crippen LogP contribution in [0.5, 0.6) is 5.75 Å². The third kappa shape index (κ3) is 6.04. The fourth-order valence-electron chi connectivity index (χ4n) is 6.79. The Morgan fingerprint density at radius 1 is 1.09 bits per heavy atom. The highest BCUT2D eigenvalue weighted by Gasteiger charge is 2.28. The molecule has 2 aromatic heterocycles. The Morgan fingerprint density at radius 2 is 1.84 bits per heavy atom. The van der Waals surface area contributed by atoms with Crippen molar-refractivity contribution < 1.29 is 19.0 Å². The monoisotopic (exact) mass is 631 g/mol. The van der Waals surface area contributed by atoms with E-state index in [1.165, 1.54) is 12.1 Å². The lowest BCUT2D eigenvalue weighted by Crippen LogP contribution is -2.41. The molecule has 1 saturated heterocycles. The second-order valence-electron chi connectivity index (χ2n) is 12.0. The highest BCUT2D eigenvalue weighted by Crippen LogP contribution is 2.42. The van der Waals surface area contributed by atoms with Gasteiger partial charge in [0.15, 0.2) is 0 Å². The summed E-state index contributed by atoms with van der Waals surface area (Å²) in [6.07, 6.45) is 2.94. The Kier molecular flexibility index (Phi) is 8.86. The fraction of sp³-hybridized carbons (Fsp3) is 0.371. The van der Waals surface area contributed by atoms with E-state index < -0.39 is 5.97 Å². The van der Waals surface area contributed by atoms with Crippen molar-refractivity contribution >= 4 is 39.2 Å². The average molecular weight is 632 g/mol. The molecule has 1 aliphatic heterocycles. The SMILES string of the molecule is Cc1nn(C)c(C)c1-c1c(Cl)ccc2c(CCCOc3cccc4cc(F)ccc34)c(C(=O)O)n(CCN3CCC(N)CC3)c12. The number of aromatic nitrogens is 3. The van der Waals surface area contributed by atoms with Gasteiger partial charge >= 0.3 is 5.97 Å². The lowest BCUT2D eigenvalue weighted by atomic mass is 9.98. The highest BCUT2D eigenvalue weighted by atomic mass is 35.5. The largest absolute Gasteiger partial charge is 0.493 e. The first-order valence-electron chi connectivity index (χ1n) is 15.5. The molecule has 0 radical (unpaired) electrons. The first-order valence-corrected chi connectivity index (χ1v) is 15.9. The number of nitrogens with two attached hydrogens (primary N) is 1. The predicted octanol–water partition coefficient (Wildman–Crippen LogP) is 6.74. The van der Waals surface area contributed by atoms with Crippen LogP contribution in [0.2, 0.25) is 5.02 Å². The zero-order chi connectivity index (χ0) is 31.8. The number of carboxylic acid groups (broad SMARTS) is 1. The number of benzene rings is 3. The van der Waals surface area contributed by atoms with E-state index in [2.05, 4.69) is 10.00 Å². The van der Waals surface area contributed by atoms with Crippen molar-refractivity contribution in [2.45, 2.75) is 52.1 Å². The molecule has 3 aromatic carbocycles. The summed E-state index contributed by atoms with van der Waals surface area (Å²) >= 11 is 6.96. The van der Waals surface area contributed by atoms with Crippen LogP contribution in [0.3, 0.4) is 0 Å². The van der Waals surface area contributed by atoms with Crippen LogP contribution in [0, 0.1) is 19.7 Å². The van der Waals surface area contributed by atoms with E-state index in [1.807, 2.05) is 60.5 Å². The average Bonchev–Trinajstić information content (AvgIpc) is 3.46. The second-order valence-corrected chi connectivity index (χ2v) is 12.4. The maximum Gasteiger partial charge on any atom is 0.352 e. The lowest BCUT2D eigenvalue weighted by molar-refractivity contribution is 0.0683. The van der Waals surface area contributed by atoms with Crippen molar-refractivity contribution in [3.8, 4) is 16.9 Å². The number of aryl methyl sites for hydroxylation is 3. The number of rotatable bonds is 10. The molecule has 0 atom stereocenters. The number of hydrogen-bond acceptors (Lipinski definition) is 5. The van der Waals surface area contributed by atoms with Crippen LogP contribution in [-0.4, -0.2) is 62.6 Å². The number of aromatic carboxylic acids is 1. The van der Waals surface area contributed by atoms with Gasteiger partial charge in [-0.2, -0.15) is 5.10 Å². The molecule has 0 amide bonds. The molecule has 1 aliphatic rings. The quantitative estimate of drug-likeness (QED) is 0.166. The van der Waals surface area contributed by atoms with Crippen LogP contribution in [0.15, 0.2) is 48.5 Å². The van der Waals surface area contributed by atoms with Crippen molar-refractivity contribution in [1.29, 1.82) is 0 Å². The van der Waals surface area contributed by atoms with Gasteiger partial charge < -0.3 is 25.0 Å². The zero-order valence-corrected chi connectivity index (χ0v) is 26.7. The van der Waals surface area contributed by atoms with Gasteiger partial charge in [-0.15, -0.1) is 0 Å². The van der Waals surface area contributed by atoms with Crippen molar-refractivity contribution in [3.63, 3.8) is 0 Å². The van der Waals surface area contributed by atoms with Gasteiger partial charge in [0.05, 0.1) is 22.8 Å². The standard InChI is InChI=1S/C35H39ClFN5O3/c1-21-31(22(2)40(3)39-21)32-29(36)12-11-28-27(7-5-19-45-30-8-4-6-23-20-24(37)9-10-26(23)30)34(35(43)44)42(33(28)32)18-17-41-15-13-25(38)14-16-41/h4,6,8-12,20,25H,5,7,13-19,38H2,1-3H3,(H,43,44). The van der Waals surface area contributed by atoms with Crippen molar-refractivity contribution in [1.82, 2.24) is 19.2 Å². The van der Waals surface area contributed by atoms with Crippen molar-refractivity contribution in [2.75, 3.05) is 26.2 Å². The van der Waals surface area contributed by atoms with Gasteiger partial charge in [-0.25, -0.2) is 9.18 Å². The van der Waals surface area contributed by atoms with Gasteiger partial charge in [0.25, 0.3) is 0 Å². The second kappa shape index (κ2) is 12.8. The Labute approximate surface area is 267 Å². The number of carbonyl (C=O) groups is 1. The zero-order valence-electron chi connectivity index (χ0n) is 25.9. The first-order chi connectivity index (χ1) is 21.6. The molecule has 8 nitrogen and oxygen atoms in total. The number of piperidine rings is 1. The van der Waals surface area contributed by atoms with Gasteiger partial charge in [-0.3, -0.25) is 4.68 Å². The number of fused-ring (bicyclic) bond motifs is 2. The summed E-state index contributed by atoms with van der Waals surface area (Å²) in [6, 6.07) is 14.2. The fourth-order valence-corrected chi connectivity index (χ4v) is 7.03. The summed E-state index contributed by atoms with van der Waals surface area (Å²) in [5, 5.41) is 18.4. The van der Waals surface area contributed by atoms with Gasteiger partial charge in [0.1, 0.15) is 17.3 Å². The molecule has 5 aromatic rings. The van der Waals surface area contributed by atoms with Crippen molar-refractivity contribution in [2.24, 2.45) is 12.8 Å². The summed E-state index contributed by atoms with van der Waals surface area (Å²) in [5.41, 5.74) is 11.5. The van der Waals surface area contributed by atoms with Gasteiger partial charge in [-0.1, -0.05) is 29.8 Å². The molecule has 3 N–H and O–H groups in total. The lowest BCUT2D eigenvalue weighted by Gasteiger charge is -2.30. The number of halogens is 2. The number of hydrogen-bond donors (Lipinski definition) is 2. The Hall–Kier alpha value is -3.92. The molecule has 0 unspecified atom stereocenters. The van der Waals surface area contributed by atoms with Crippen LogP contribution in [0.1, 0.15) is 46.7 Å². The van der Waals surface area contributed by atoms with Crippen molar-refractivity contribution in [3.05, 3.63) is 82.0 Å². The van der Waals surface area contributed by atoms with Crippen LogP contribution < -0.4 is 10.5 Å². The minimum atomic E-state index is -0.972. The number of likely N-dealkylation sites (tertiary alicyclic amines) is 1. The molecule has 45 heavy (non-hydrogen) atoms. The highest BCUT2D eigenvalue weighted by molar-refractivity contribution is 6.35. The Bertz CT molecular complexity index is 1890. The molecule has 1 fully saturated rings. The van der Waals surface area contributed by atoms with E-state index in [1.54, 1.807) is 6.07 Å². The molecule has 236 valence electrons. The van der Waals surface area contributed by atoms with Gasteiger partial charge in [0, 0.05) is 53.8 Å². The summed E-state index contributed by atoms with van der Waals surface area (Å²) in [5.74, 6) is -0.593. The molecule has 0 bridgehead atoms. The minimum Gasteiger partial charge on any atom is -0.493 e. The molecule has 0 spiro atoms. The van der Waals surface area contributed by atoms with Crippen LogP contribution in [0.25, 0.3) is 32.8 Å². The van der Waals surface area contributed by atoms with E-state index >= 15 is 0 Å². The third-order valence-corrected chi connectivity index (χ3v) is 9.46. The molecule has 3 heterocycles. The third-order valence-electron chi connectivity index (χ3n) is 9.14. The van der Waals surface area contributed by atoms with Gasteiger partial charge in [0.2, 0.25) is 0 Å². The summed E-state index contributed by atoms with van der Waals surface area (Å²) in [4.78, 5) is 15.4. The molecular formula is C35H39ClFN5O3. The van der Waals surface area contributed by atoms with E-state index in [0.717, 1.165) is 75.7 Å². The summed E-state index contributed by atoms with van der Waals surface area (Å²) in [7, 11) is 1.90. The summed E-state index contributed by atoms with van der Waals surface area (Å²) in [6.45, 7) is 7.33. The molecule has 10 heteroatoms. The van der Waals surface area contributed by atoms with Crippen LogP contribution in [-0.2, 0) is 20.0 Å². The maximum absolute atomic E-state index is 13.8. The Morgan fingerprint density at radius 3 is 2.56 bits per heavy atom. The molecule has 0 saturated carbocycles. The minimum absolute atomic E-state index is 0.217. The normalized spacial score (nSPS) is 14.5. The maximum atomic E-state index is 13.8. The first kappa shape index (κ1) is 31.1. The number of ether oxygens (including phenoxy) is 1. The summed E-state index contributed by atoms with van der Waals surface area (Å²) < 4.78 is 23.7. The van der Waals surface area contributed by atoms with E-state index in [-0.39, 0.29) is 17.6 Å². The number of nitrogens with zero attached hydrogens (tertiary/aromatic N) is 4. The number of carboxylic acids is 1. The van der Waals surface area contributed by atoms with Crippen LogP contribution in [0.4, 0.5) is 4.39 Å². The smallest absolute Gasteiger partial charge is 0.352 e. The predicted molar refractivity (Wildman–Crippen MR) is 177 cm³/mol. The van der Waals surface area contributed by atoms with E-state index in [9.17, 15) is 14.3 Å². The molecule has 6 rings (SSSR count). The molecular weight excluding hydrogens is 593 g/mol. The van der Waals surface area contributed by atoms with E-state index in [0.29, 0.717) is 43.3 Å². The van der Waals surface area contributed by atoms with E-state index in [4.69, 9.17) is 22.1 Å².